The summed E-state index contributed by atoms with van der Waals surface area (Å²) in [6, 6.07) is 3.13. The number of methoxy groups -OCH3 is 1. The van der Waals surface area contributed by atoms with E-state index in [9.17, 15) is 31.1 Å². The molecule has 0 radical (unpaired) electrons. The van der Waals surface area contributed by atoms with E-state index >= 15 is 0 Å². The highest BCUT2D eigenvalue weighted by molar-refractivity contribution is 5.74. The number of aromatic nitrogens is 3. The average Bonchev–Trinajstić information content (AvgIpc) is 3.27. The second kappa shape index (κ2) is 10.4. The molecule has 7 nitrogen and oxygen atoms in total. The summed E-state index contributed by atoms with van der Waals surface area (Å²) in [7, 11) is 1.46. The van der Waals surface area contributed by atoms with Crippen LogP contribution in [0.1, 0.15) is 25.3 Å². The summed E-state index contributed by atoms with van der Waals surface area (Å²) >= 11 is 0. The van der Waals surface area contributed by atoms with Crippen LogP contribution in [0.25, 0.3) is 16.9 Å². The molecule has 0 bridgehead atoms. The van der Waals surface area contributed by atoms with Gasteiger partial charge >= 0.3 is 18.4 Å². The van der Waals surface area contributed by atoms with E-state index in [4.69, 9.17) is 4.74 Å². The fourth-order valence-corrected chi connectivity index (χ4v) is 3.42. The molecule has 2 aromatic heterocycles. The first kappa shape index (κ1) is 26.1. The van der Waals surface area contributed by atoms with Crippen molar-refractivity contribution in [1.29, 1.82) is 0 Å². The van der Waals surface area contributed by atoms with Crippen molar-refractivity contribution in [3.05, 3.63) is 48.4 Å². The van der Waals surface area contributed by atoms with E-state index in [1.807, 2.05) is 0 Å². The van der Waals surface area contributed by atoms with Gasteiger partial charge in [0.1, 0.15) is 6.04 Å². The minimum atomic E-state index is -5.02. The maximum Gasteiger partial charge on any atom is 0.408 e. The number of nitrogens with one attached hydrogen (secondary N) is 1. The summed E-state index contributed by atoms with van der Waals surface area (Å²) in [4.78, 5) is 22.2. The zero-order chi connectivity index (χ0) is 25.8. The maximum absolute atomic E-state index is 13.2. The molecule has 0 aliphatic heterocycles. The number of amides is 2. The molecule has 3 rings (SSSR count). The smallest absolute Gasteiger partial charge is 0.408 e. The van der Waals surface area contributed by atoms with Gasteiger partial charge in [-0.15, -0.1) is 0 Å². The molecule has 0 saturated heterocycles. The van der Waals surface area contributed by atoms with Crippen LogP contribution in [0.2, 0.25) is 0 Å². The molecule has 2 heterocycles. The number of carbonyl (C=O) groups excluding carboxylic acids is 1. The largest absolute Gasteiger partial charge is 0.478 e. The van der Waals surface area contributed by atoms with Crippen LogP contribution in [0.15, 0.2) is 42.9 Å². The Bertz CT molecular complexity index is 1160. The number of benzene rings is 1. The summed E-state index contributed by atoms with van der Waals surface area (Å²) in [6.45, 7) is 1.53. The van der Waals surface area contributed by atoms with Gasteiger partial charge in [0, 0.05) is 43.7 Å². The molecule has 190 valence electrons. The van der Waals surface area contributed by atoms with Gasteiger partial charge in [0.2, 0.25) is 0 Å². The third-order valence-corrected chi connectivity index (χ3v) is 5.21. The van der Waals surface area contributed by atoms with Crippen LogP contribution in [0.5, 0.6) is 5.88 Å². The second-order valence-electron chi connectivity index (χ2n) is 7.71. The molecule has 3 aromatic rings. The highest BCUT2D eigenvalue weighted by Gasteiger charge is 2.43. The van der Waals surface area contributed by atoms with Crippen LogP contribution in [-0.2, 0) is 6.54 Å². The Hall–Kier alpha value is -3.51. The molecule has 0 spiro atoms. The highest BCUT2D eigenvalue weighted by atomic mass is 19.4. The Morgan fingerprint density at radius 1 is 1.23 bits per heavy atom. The van der Waals surface area contributed by atoms with E-state index in [-0.39, 0.29) is 13.1 Å². The molecule has 0 aliphatic carbocycles. The monoisotopic (exact) mass is 503 g/mol. The Morgan fingerprint density at radius 2 is 1.97 bits per heavy atom. The van der Waals surface area contributed by atoms with Crippen LogP contribution in [0, 0.1) is 0 Å². The summed E-state index contributed by atoms with van der Waals surface area (Å²) in [5.41, 5.74) is 2.30. The standard InChI is InChI=1S/C22H23F6N5O2/c1-3-32(20(34)31-17(22(26,27)28)7-8-21(23,24)25)12-14-5-4-6-15(11-14)16-13-33-10-9-29-18(33)19(30-16)35-2/h4-6,9-11,13,17H,3,7-8,12H2,1-2H3,(H,31,34). The van der Waals surface area contributed by atoms with Gasteiger partial charge in [-0.05, 0) is 25.0 Å². The van der Waals surface area contributed by atoms with Gasteiger partial charge in [-0.2, -0.15) is 26.3 Å². The Balaban J connectivity index is 1.77. The van der Waals surface area contributed by atoms with Crippen molar-refractivity contribution >= 4 is 11.7 Å². The van der Waals surface area contributed by atoms with E-state index in [2.05, 4.69) is 9.97 Å². The van der Waals surface area contributed by atoms with E-state index < -0.39 is 37.3 Å². The topological polar surface area (TPSA) is 71.8 Å². The van der Waals surface area contributed by atoms with Crippen molar-refractivity contribution in [1.82, 2.24) is 24.6 Å². The fourth-order valence-electron chi connectivity index (χ4n) is 3.42. The summed E-state index contributed by atoms with van der Waals surface area (Å²) in [6.07, 6.45) is -7.72. The van der Waals surface area contributed by atoms with Crippen molar-refractivity contribution in [2.24, 2.45) is 0 Å². The molecular weight excluding hydrogens is 480 g/mol. The van der Waals surface area contributed by atoms with Crippen molar-refractivity contribution in [2.75, 3.05) is 13.7 Å². The molecule has 1 N–H and O–H groups in total. The summed E-state index contributed by atoms with van der Waals surface area (Å²) in [5.74, 6) is 0.296. The minimum Gasteiger partial charge on any atom is -0.478 e. The third-order valence-electron chi connectivity index (χ3n) is 5.21. The number of rotatable bonds is 8. The van der Waals surface area contributed by atoms with Gasteiger partial charge in [0.05, 0.1) is 12.8 Å². The lowest BCUT2D eigenvalue weighted by Gasteiger charge is -2.27. The van der Waals surface area contributed by atoms with Gasteiger partial charge in [0.15, 0.2) is 5.65 Å². The molecule has 13 heteroatoms. The number of halogens is 6. The first-order chi connectivity index (χ1) is 16.4. The molecule has 1 atom stereocenters. The molecule has 0 saturated carbocycles. The number of ether oxygens (including phenoxy) is 1. The number of urea groups is 1. The van der Waals surface area contributed by atoms with E-state index in [1.54, 1.807) is 59.5 Å². The molecule has 2 amide bonds. The van der Waals surface area contributed by atoms with Gasteiger partial charge in [-0.25, -0.2) is 14.8 Å². The lowest BCUT2D eigenvalue weighted by atomic mass is 10.1. The predicted molar refractivity (Wildman–Crippen MR) is 115 cm³/mol. The number of hydrogen-bond donors (Lipinski definition) is 1. The Kier molecular flexibility index (Phi) is 7.76. The van der Waals surface area contributed by atoms with Crippen LogP contribution in [0.4, 0.5) is 31.1 Å². The number of alkyl halides is 6. The van der Waals surface area contributed by atoms with Crippen molar-refractivity contribution in [3.63, 3.8) is 0 Å². The van der Waals surface area contributed by atoms with Crippen LogP contribution in [-0.4, -0.2) is 57.3 Å². The molecule has 1 unspecified atom stereocenters. The van der Waals surface area contributed by atoms with Crippen LogP contribution < -0.4 is 10.1 Å². The molecule has 0 aliphatic rings. The van der Waals surface area contributed by atoms with Gasteiger partial charge < -0.3 is 19.4 Å². The van der Waals surface area contributed by atoms with Crippen LogP contribution in [0.3, 0.4) is 0 Å². The van der Waals surface area contributed by atoms with Crippen molar-refractivity contribution < 1.29 is 35.9 Å². The highest BCUT2D eigenvalue weighted by Crippen LogP contribution is 2.29. The van der Waals surface area contributed by atoms with Gasteiger partial charge in [0.25, 0.3) is 5.88 Å². The fraction of sp³-hybridized carbons (Fsp3) is 0.409. The molecule has 1 aromatic carbocycles. The lowest BCUT2D eigenvalue weighted by molar-refractivity contribution is -0.171. The normalized spacial score (nSPS) is 13.0. The second-order valence-corrected chi connectivity index (χ2v) is 7.71. The molecule has 0 fully saturated rings. The summed E-state index contributed by atoms with van der Waals surface area (Å²) in [5, 5.41) is 1.70. The third kappa shape index (κ3) is 6.76. The van der Waals surface area contributed by atoms with Gasteiger partial charge in [-0.3, -0.25) is 0 Å². The van der Waals surface area contributed by atoms with E-state index in [0.29, 0.717) is 28.3 Å². The zero-order valence-corrected chi connectivity index (χ0v) is 18.8. The number of carbonyl (C=O) groups is 1. The van der Waals surface area contributed by atoms with Crippen molar-refractivity contribution in [2.45, 2.75) is 44.7 Å². The number of fused-ring (bicyclic) bond motifs is 1. The first-order valence-electron chi connectivity index (χ1n) is 10.6. The first-order valence-corrected chi connectivity index (χ1v) is 10.6. The summed E-state index contributed by atoms with van der Waals surface area (Å²) < 4.78 is 84.0. The molecular formula is C22H23F6N5O2. The predicted octanol–water partition coefficient (Wildman–Crippen LogP) is 5.21. The number of imidazole rings is 1. The molecule has 35 heavy (non-hydrogen) atoms. The quantitative estimate of drug-likeness (QED) is 0.429. The van der Waals surface area contributed by atoms with Crippen molar-refractivity contribution in [3.8, 4) is 17.1 Å². The number of hydrogen-bond acceptors (Lipinski definition) is 4. The Morgan fingerprint density at radius 3 is 2.60 bits per heavy atom. The van der Waals surface area contributed by atoms with E-state index in [0.717, 1.165) is 4.90 Å². The minimum absolute atomic E-state index is 0.0347. The average molecular weight is 503 g/mol. The zero-order valence-electron chi connectivity index (χ0n) is 18.8. The number of nitrogens with zero attached hydrogens (tertiary/aromatic N) is 4. The van der Waals surface area contributed by atoms with Crippen LogP contribution >= 0.6 is 0 Å². The van der Waals surface area contributed by atoms with E-state index in [1.165, 1.54) is 7.11 Å². The van der Waals surface area contributed by atoms with Gasteiger partial charge in [-0.1, -0.05) is 18.2 Å². The SMILES string of the molecule is CCN(Cc1cccc(-c2cn3ccnc3c(OC)n2)c1)C(=O)NC(CCC(F)(F)F)C(F)(F)F. The maximum atomic E-state index is 13.2. The Labute approximate surface area is 196 Å². The lowest BCUT2D eigenvalue weighted by Crippen LogP contribution is -2.50.